The van der Waals surface area contributed by atoms with Gasteiger partial charge >= 0.3 is 0 Å². The van der Waals surface area contributed by atoms with E-state index in [1.165, 1.54) is 12.4 Å². The smallest absolute Gasteiger partial charge is 0.0218 e. The molecule has 0 aliphatic heterocycles. The first-order chi connectivity index (χ1) is 4.93. The van der Waals surface area contributed by atoms with E-state index in [4.69, 9.17) is 10.8 Å². The lowest BCUT2D eigenvalue weighted by atomic mass is 9.84. The fourth-order valence-corrected chi connectivity index (χ4v) is 1.000. The predicted molar refractivity (Wildman–Crippen MR) is 49.7 cm³/mol. The van der Waals surface area contributed by atoms with Crippen molar-refractivity contribution in [2.75, 3.05) is 0 Å². The molecule has 0 aromatic heterocycles. The fourth-order valence-electron chi connectivity index (χ4n) is 1.000. The lowest BCUT2D eigenvalue weighted by Gasteiger charge is -2.20. The van der Waals surface area contributed by atoms with Crippen LogP contribution in [0.5, 0.6) is 0 Å². The van der Waals surface area contributed by atoms with Crippen LogP contribution in [0.1, 0.15) is 27.7 Å². The van der Waals surface area contributed by atoms with Gasteiger partial charge in [0, 0.05) is 12.4 Å². The third-order valence-corrected chi connectivity index (χ3v) is 1.59. The van der Waals surface area contributed by atoms with Gasteiger partial charge in [0.2, 0.25) is 0 Å². The topological polar surface area (TPSA) is 47.7 Å². The monoisotopic (exact) mass is 152 g/mol. The van der Waals surface area contributed by atoms with Gasteiger partial charge in [-0.3, -0.25) is 0 Å². The second-order valence-corrected chi connectivity index (χ2v) is 3.64. The normalized spacial score (nSPS) is 13.8. The minimum atomic E-state index is -0.0244. The van der Waals surface area contributed by atoms with E-state index >= 15 is 0 Å². The highest BCUT2D eigenvalue weighted by Gasteiger charge is 2.16. The van der Waals surface area contributed by atoms with Crippen LogP contribution < -0.4 is 0 Å². The van der Waals surface area contributed by atoms with Gasteiger partial charge < -0.3 is 10.8 Å². The van der Waals surface area contributed by atoms with E-state index in [9.17, 15) is 0 Å². The Hall–Kier alpha value is -0.920. The first kappa shape index (κ1) is 10.1. The van der Waals surface area contributed by atoms with E-state index < -0.39 is 0 Å². The summed E-state index contributed by atoms with van der Waals surface area (Å²) in [5.74, 6) is 0. The van der Waals surface area contributed by atoms with E-state index in [0.717, 1.165) is 11.1 Å². The van der Waals surface area contributed by atoms with Crippen LogP contribution in [0.3, 0.4) is 0 Å². The van der Waals surface area contributed by atoms with Crippen LogP contribution in [-0.4, -0.2) is 12.4 Å². The lowest BCUT2D eigenvalue weighted by molar-refractivity contribution is 0.524. The van der Waals surface area contributed by atoms with Crippen molar-refractivity contribution in [3.8, 4) is 0 Å². The SMILES string of the molecule is C/C(C=N)=C(/C=N)C(C)(C)C. The summed E-state index contributed by atoms with van der Waals surface area (Å²) in [6, 6.07) is 0. The largest absolute Gasteiger partial charge is 0.308 e. The maximum atomic E-state index is 7.16. The highest BCUT2D eigenvalue weighted by atomic mass is 14.4. The average molecular weight is 152 g/mol. The molecule has 0 atom stereocenters. The van der Waals surface area contributed by atoms with Crippen molar-refractivity contribution in [2.45, 2.75) is 27.7 Å². The van der Waals surface area contributed by atoms with Crippen LogP contribution in [0.2, 0.25) is 0 Å². The van der Waals surface area contributed by atoms with Crippen LogP contribution in [0, 0.1) is 16.2 Å². The van der Waals surface area contributed by atoms with Gasteiger partial charge in [-0.25, -0.2) is 0 Å². The van der Waals surface area contributed by atoms with Gasteiger partial charge in [-0.2, -0.15) is 0 Å². The van der Waals surface area contributed by atoms with Crippen molar-refractivity contribution >= 4 is 12.4 Å². The van der Waals surface area contributed by atoms with Crippen LogP contribution in [0.25, 0.3) is 0 Å². The molecular weight excluding hydrogens is 136 g/mol. The average Bonchev–Trinajstić information content (AvgIpc) is 1.86. The molecule has 0 radical (unpaired) electrons. The van der Waals surface area contributed by atoms with Gasteiger partial charge in [-0.05, 0) is 23.5 Å². The summed E-state index contributed by atoms with van der Waals surface area (Å²) in [7, 11) is 0. The Labute approximate surface area is 68.3 Å². The first-order valence-corrected chi connectivity index (χ1v) is 3.65. The highest BCUT2D eigenvalue weighted by molar-refractivity contribution is 5.89. The molecule has 0 amide bonds. The van der Waals surface area contributed by atoms with Crippen LogP contribution >= 0.6 is 0 Å². The van der Waals surface area contributed by atoms with Crippen molar-refractivity contribution in [3.63, 3.8) is 0 Å². The van der Waals surface area contributed by atoms with Crippen molar-refractivity contribution in [2.24, 2.45) is 5.41 Å². The van der Waals surface area contributed by atoms with E-state index in [-0.39, 0.29) is 5.41 Å². The number of rotatable bonds is 2. The Morgan fingerprint density at radius 2 is 1.55 bits per heavy atom. The zero-order chi connectivity index (χ0) is 9.07. The van der Waals surface area contributed by atoms with Crippen LogP contribution in [-0.2, 0) is 0 Å². The summed E-state index contributed by atoms with van der Waals surface area (Å²) >= 11 is 0. The minimum absolute atomic E-state index is 0.0244. The molecule has 0 aromatic rings. The highest BCUT2D eigenvalue weighted by Crippen LogP contribution is 2.25. The standard InChI is InChI=1S/C9H16N2/c1-7(5-10)8(6-11)9(2,3)4/h5-6,10-11H,1-4H3/b8-7+,10-5?,11-6?. The van der Waals surface area contributed by atoms with Gasteiger partial charge in [0.25, 0.3) is 0 Å². The molecule has 0 bridgehead atoms. The maximum absolute atomic E-state index is 7.16. The summed E-state index contributed by atoms with van der Waals surface area (Å²) in [5, 5.41) is 14.2. The van der Waals surface area contributed by atoms with Gasteiger partial charge in [0.05, 0.1) is 0 Å². The Balaban J connectivity index is 4.95. The maximum Gasteiger partial charge on any atom is 0.0218 e. The van der Waals surface area contributed by atoms with Gasteiger partial charge in [0.15, 0.2) is 0 Å². The second-order valence-electron chi connectivity index (χ2n) is 3.64. The Morgan fingerprint density at radius 1 is 1.09 bits per heavy atom. The molecular formula is C9H16N2. The van der Waals surface area contributed by atoms with Crippen molar-refractivity contribution < 1.29 is 0 Å². The Bertz CT molecular complexity index is 194. The van der Waals surface area contributed by atoms with E-state index in [0.29, 0.717) is 0 Å². The van der Waals surface area contributed by atoms with Crippen molar-refractivity contribution in [1.82, 2.24) is 0 Å². The molecule has 0 aliphatic rings. The molecule has 0 saturated heterocycles. The molecule has 2 heteroatoms. The zero-order valence-corrected chi connectivity index (χ0v) is 7.65. The quantitative estimate of drug-likeness (QED) is 0.571. The molecule has 11 heavy (non-hydrogen) atoms. The zero-order valence-electron chi connectivity index (χ0n) is 7.65. The molecule has 2 nitrogen and oxygen atoms in total. The number of hydrogen-bond donors (Lipinski definition) is 2. The molecule has 0 aromatic carbocycles. The number of hydrogen-bond acceptors (Lipinski definition) is 2. The predicted octanol–water partition coefficient (Wildman–Crippen LogP) is 2.65. The molecule has 0 heterocycles. The molecule has 0 saturated carbocycles. The number of allylic oxidation sites excluding steroid dienone is 2. The lowest BCUT2D eigenvalue weighted by Crippen LogP contribution is -2.12. The summed E-state index contributed by atoms with van der Waals surface area (Å²) in [5.41, 5.74) is 1.77. The van der Waals surface area contributed by atoms with Gasteiger partial charge in [-0.1, -0.05) is 20.8 Å². The van der Waals surface area contributed by atoms with Crippen LogP contribution in [0.15, 0.2) is 11.1 Å². The van der Waals surface area contributed by atoms with Crippen LogP contribution in [0.4, 0.5) is 0 Å². The minimum Gasteiger partial charge on any atom is -0.308 e. The second kappa shape index (κ2) is 3.46. The summed E-state index contributed by atoms with van der Waals surface area (Å²) in [6.45, 7) is 7.99. The van der Waals surface area contributed by atoms with Crippen molar-refractivity contribution in [1.29, 1.82) is 10.8 Å². The third kappa shape index (κ3) is 2.66. The first-order valence-electron chi connectivity index (χ1n) is 3.65. The number of nitrogens with one attached hydrogen (secondary N) is 2. The van der Waals surface area contributed by atoms with Gasteiger partial charge in [-0.15, -0.1) is 0 Å². The molecule has 0 unspecified atom stereocenters. The fraction of sp³-hybridized carbons (Fsp3) is 0.556. The molecule has 2 N–H and O–H groups in total. The molecule has 0 rings (SSSR count). The van der Waals surface area contributed by atoms with E-state index in [1.54, 1.807) is 0 Å². The molecule has 0 fully saturated rings. The molecule has 0 spiro atoms. The molecule has 0 aliphatic carbocycles. The van der Waals surface area contributed by atoms with Gasteiger partial charge in [0.1, 0.15) is 0 Å². The molecule has 62 valence electrons. The summed E-state index contributed by atoms with van der Waals surface area (Å²) in [4.78, 5) is 0. The van der Waals surface area contributed by atoms with Crippen molar-refractivity contribution in [3.05, 3.63) is 11.1 Å². The van der Waals surface area contributed by atoms with E-state index in [1.807, 2.05) is 27.7 Å². The van der Waals surface area contributed by atoms with E-state index in [2.05, 4.69) is 0 Å². The third-order valence-electron chi connectivity index (χ3n) is 1.59. The Morgan fingerprint density at radius 3 is 1.64 bits per heavy atom. The summed E-state index contributed by atoms with van der Waals surface area (Å²) in [6.07, 6.45) is 2.63. The Kier molecular flexibility index (Phi) is 3.18. The summed E-state index contributed by atoms with van der Waals surface area (Å²) < 4.78 is 0.